The molecule has 0 aliphatic rings. The molecular weight excluding hydrogens is 420 g/mol. The molecule has 0 spiro atoms. The van der Waals surface area contributed by atoms with Crippen molar-refractivity contribution in [3.8, 4) is 0 Å². The van der Waals surface area contributed by atoms with Gasteiger partial charge in [0, 0.05) is 0 Å². The highest BCUT2D eigenvalue weighted by molar-refractivity contribution is 6.68. The second-order valence-corrected chi connectivity index (χ2v) is 7.64. The fourth-order valence-electron chi connectivity index (χ4n) is 3.65. The lowest BCUT2D eigenvalue weighted by Crippen LogP contribution is -2.21. The molecule has 0 atom stereocenters. The van der Waals surface area contributed by atoms with E-state index < -0.39 is 17.3 Å². The van der Waals surface area contributed by atoms with Gasteiger partial charge in [-0.1, -0.05) is 121 Å². The van der Waals surface area contributed by atoms with E-state index in [0.717, 1.165) is 22.3 Å². The van der Waals surface area contributed by atoms with Crippen LogP contribution in [0.4, 0.5) is 0 Å². The van der Waals surface area contributed by atoms with Crippen LogP contribution < -0.4 is 0 Å². The smallest absolute Gasteiger partial charge is 0.272 e. The molecule has 34 heavy (non-hydrogen) atoms. The van der Waals surface area contributed by atoms with Crippen LogP contribution in [0.2, 0.25) is 0 Å². The van der Waals surface area contributed by atoms with Crippen molar-refractivity contribution in [1.82, 2.24) is 0 Å². The van der Waals surface area contributed by atoms with Gasteiger partial charge in [-0.3, -0.25) is 14.4 Å². The van der Waals surface area contributed by atoms with Gasteiger partial charge >= 0.3 is 0 Å². The number of ketones is 3. The van der Waals surface area contributed by atoms with E-state index in [2.05, 4.69) is 0 Å². The van der Waals surface area contributed by atoms with Gasteiger partial charge in [0.1, 0.15) is 0 Å². The van der Waals surface area contributed by atoms with Crippen LogP contribution in [-0.2, 0) is 14.4 Å². The molecule has 4 aromatic carbocycles. The van der Waals surface area contributed by atoms with Crippen LogP contribution in [0.3, 0.4) is 0 Å². The first-order valence-electron chi connectivity index (χ1n) is 10.9. The Morgan fingerprint density at radius 1 is 0.382 bits per heavy atom. The van der Waals surface area contributed by atoms with E-state index in [4.69, 9.17) is 0 Å². The first kappa shape index (κ1) is 22.6. The lowest BCUT2D eigenvalue weighted by atomic mass is 9.94. The Morgan fingerprint density at radius 2 is 0.618 bits per heavy atom. The van der Waals surface area contributed by atoms with Gasteiger partial charge in [-0.05, 0) is 45.6 Å². The summed E-state index contributed by atoms with van der Waals surface area (Å²) in [4.78, 5) is 38.7. The van der Waals surface area contributed by atoms with E-state index in [9.17, 15) is 14.4 Å². The van der Waals surface area contributed by atoms with Crippen LogP contribution in [0.15, 0.2) is 133 Å². The van der Waals surface area contributed by atoms with E-state index in [1.165, 1.54) is 12.2 Å². The first-order chi connectivity index (χ1) is 16.6. The Bertz CT molecular complexity index is 1160. The van der Waals surface area contributed by atoms with Gasteiger partial charge in [0.25, 0.3) is 5.78 Å². The average Bonchev–Trinajstić information content (AvgIpc) is 2.91. The van der Waals surface area contributed by atoms with Crippen molar-refractivity contribution in [2.24, 2.45) is 0 Å². The number of allylic oxidation sites excluding steroid dienone is 2. The summed E-state index contributed by atoms with van der Waals surface area (Å²) in [6.45, 7) is 0. The summed E-state index contributed by atoms with van der Waals surface area (Å²) in [6.07, 6.45) is 2.51. The van der Waals surface area contributed by atoms with Gasteiger partial charge in [0.15, 0.2) is 0 Å². The Balaban J connectivity index is 1.69. The van der Waals surface area contributed by atoms with E-state index in [0.29, 0.717) is 11.1 Å². The predicted octanol–water partition coefficient (Wildman–Crippen LogP) is 5.96. The van der Waals surface area contributed by atoms with Crippen LogP contribution in [0.1, 0.15) is 22.3 Å². The Labute approximate surface area is 198 Å². The van der Waals surface area contributed by atoms with Crippen molar-refractivity contribution < 1.29 is 14.4 Å². The Hall–Kier alpha value is -4.63. The molecule has 164 valence electrons. The number of carbonyl (C=O) groups is 3. The fraction of sp³-hybridized carbons (Fsp3) is 0. The Morgan fingerprint density at radius 3 is 0.853 bits per heavy atom. The number of hydrogen-bond donors (Lipinski definition) is 0. The minimum Gasteiger partial charge on any atom is -0.285 e. The highest BCUT2D eigenvalue weighted by atomic mass is 16.2. The first-order valence-corrected chi connectivity index (χ1v) is 10.9. The molecule has 0 saturated heterocycles. The van der Waals surface area contributed by atoms with E-state index in [1.807, 2.05) is 121 Å². The predicted molar refractivity (Wildman–Crippen MR) is 135 cm³/mol. The standard InChI is InChI=1S/C31H22O3/c32-29(21-27(23-13-5-1-6-14-23)24-15-7-2-8-16-24)31(34)30(33)22-28(25-17-9-3-10-18-25)26-19-11-4-12-20-26/h1-22H. The van der Waals surface area contributed by atoms with Gasteiger partial charge in [-0.15, -0.1) is 0 Å². The van der Waals surface area contributed by atoms with Crippen molar-refractivity contribution in [2.75, 3.05) is 0 Å². The molecule has 0 radical (unpaired) electrons. The van der Waals surface area contributed by atoms with Gasteiger partial charge in [0.2, 0.25) is 11.6 Å². The van der Waals surface area contributed by atoms with Crippen LogP contribution in [0.25, 0.3) is 11.1 Å². The number of benzene rings is 4. The molecule has 0 amide bonds. The van der Waals surface area contributed by atoms with Gasteiger partial charge < -0.3 is 0 Å². The quantitative estimate of drug-likeness (QED) is 0.192. The van der Waals surface area contributed by atoms with Crippen LogP contribution >= 0.6 is 0 Å². The zero-order valence-corrected chi connectivity index (χ0v) is 18.4. The molecule has 0 fully saturated rings. The maximum atomic E-state index is 12.9. The SMILES string of the molecule is O=C(C=C(c1ccccc1)c1ccccc1)C(=O)C(=O)C=C(c1ccccc1)c1ccccc1. The molecule has 0 aliphatic heterocycles. The topological polar surface area (TPSA) is 51.2 Å². The summed E-state index contributed by atoms with van der Waals surface area (Å²) >= 11 is 0. The second-order valence-electron chi connectivity index (χ2n) is 7.64. The molecule has 0 unspecified atom stereocenters. The van der Waals surface area contributed by atoms with Gasteiger partial charge in [-0.25, -0.2) is 0 Å². The summed E-state index contributed by atoms with van der Waals surface area (Å²) in [5, 5.41) is 0. The highest BCUT2D eigenvalue weighted by Gasteiger charge is 2.22. The second kappa shape index (κ2) is 10.8. The molecule has 0 bridgehead atoms. The summed E-state index contributed by atoms with van der Waals surface area (Å²) < 4.78 is 0. The summed E-state index contributed by atoms with van der Waals surface area (Å²) in [5.41, 5.74) is 4.31. The Kier molecular flexibility index (Phi) is 7.16. The minimum atomic E-state index is -1.08. The van der Waals surface area contributed by atoms with Crippen molar-refractivity contribution >= 4 is 28.5 Å². The molecule has 3 nitrogen and oxygen atoms in total. The lowest BCUT2D eigenvalue weighted by Gasteiger charge is -2.09. The van der Waals surface area contributed by atoms with E-state index in [-0.39, 0.29) is 0 Å². The van der Waals surface area contributed by atoms with E-state index >= 15 is 0 Å². The maximum absolute atomic E-state index is 12.9. The number of hydrogen-bond acceptors (Lipinski definition) is 3. The number of carbonyl (C=O) groups excluding carboxylic acids is 3. The average molecular weight is 443 g/mol. The zero-order valence-electron chi connectivity index (χ0n) is 18.4. The third-order valence-corrected chi connectivity index (χ3v) is 5.34. The summed E-state index contributed by atoms with van der Waals surface area (Å²) in [7, 11) is 0. The van der Waals surface area contributed by atoms with Crippen LogP contribution in [0.5, 0.6) is 0 Å². The van der Waals surface area contributed by atoms with Gasteiger partial charge in [-0.2, -0.15) is 0 Å². The molecule has 0 N–H and O–H groups in total. The molecular formula is C31H22O3. The van der Waals surface area contributed by atoms with Crippen molar-refractivity contribution in [3.05, 3.63) is 156 Å². The zero-order chi connectivity index (χ0) is 23.8. The molecule has 4 rings (SSSR count). The normalized spacial score (nSPS) is 10.1. The number of Topliss-reactive ketones (excluding diaryl/α,β-unsaturated/α-hetero) is 1. The van der Waals surface area contributed by atoms with Crippen LogP contribution in [-0.4, -0.2) is 17.3 Å². The van der Waals surface area contributed by atoms with Gasteiger partial charge in [0.05, 0.1) is 0 Å². The highest BCUT2D eigenvalue weighted by Crippen LogP contribution is 2.25. The lowest BCUT2D eigenvalue weighted by molar-refractivity contribution is -0.140. The molecule has 0 aromatic heterocycles. The molecule has 3 heteroatoms. The largest absolute Gasteiger partial charge is 0.285 e. The summed E-state index contributed by atoms with van der Waals surface area (Å²) in [6, 6.07) is 37.3. The third-order valence-electron chi connectivity index (χ3n) is 5.34. The van der Waals surface area contributed by atoms with Crippen molar-refractivity contribution in [3.63, 3.8) is 0 Å². The minimum absolute atomic E-state index is 0.586. The number of rotatable bonds is 8. The fourth-order valence-corrected chi connectivity index (χ4v) is 3.65. The van der Waals surface area contributed by atoms with E-state index in [1.54, 1.807) is 0 Å². The molecule has 0 aliphatic carbocycles. The molecule has 0 heterocycles. The van der Waals surface area contributed by atoms with Crippen molar-refractivity contribution in [1.29, 1.82) is 0 Å². The summed E-state index contributed by atoms with van der Waals surface area (Å²) in [5.74, 6) is -2.79. The molecule has 4 aromatic rings. The van der Waals surface area contributed by atoms with Crippen molar-refractivity contribution in [2.45, 2.75) is 0 Å². The monoisotopic (exact) mass is 442 g/mol. The third kappa shape index (κ3) is 5.40. The molecule has 0 saturated carbocycles. The van der Waals surface area contributed by atoms with Crippen LogP contribution in [0, 0.1) is 0 Å². The maximum Gasteiger partial charge on any atom is 0.272 e.